The zero-order valence-corrected chi connectivity index (χ0v) is 13.3. The molecule has 5 heteroatoms. The summed E-state index contributed by atoms with van der Waals surface area (Å²) in [5.41, 5.74) is 0.443. The Morgan fingerprint density at radius 3 is 2.75 bits per heavy atom. The number of carbonyl (C=O) groups excluding carboxylic acids is 2. The predicted octanol–water partition coefficient (Wildman–Crippen LogP) is 2.19. The van der Waals surface area contributed by atoms with Crippen molar-refractivity contribution in [1.29, 1.82) is 0 Å². The molecule has 0 aliphatic carbocycles. The van der Waals surface area contributed by atoms with Crippen LogP contribution in [0.4, 0.5) is 0 Å². The summed E-state index contributed by atoms with van der Waals surface area (Å²) in [6.45, 7) is 7.55. The minimum atomic E-state index is -0.771. The van der Waals surface area contributed by atoms with Crippen molar-refractivity contribution < 1.29 is 9.59 Å². The van der Waals surface area contributed by atoms with Crippen LogP contribution < -0.4 is 5.32 Å². The van der Waals surface area contributed by atoms with E-state index in [9.17, 15) is 9.59 Å². The lowest BCUT2D eigenvalue weighted by Crippen LogP contribution is -2.70. The highest BCUT2D eigenvalue weighted by atomic mass is 32.1. The van der Waals surface area contributed by atoms with Gasteiger partial charge < -0.3 is 10.2 Å². The monoisotopic (exact) mass is 294 g/mol. The van der Waals surface area contributed by atoms with Crippen LogP contribution in [0.3, 0.4) is 0 Å². The van der Waals surface area contributed by atoms with Crippen LogP contribution in [-0.4, -0.2) is 34.3 Å². The predicted molar refractivity (Wildman–Crippen MR) is 80.6 cm³/mol. The number of rotatable bonds is 4. The van der Waals surface area contributed by atoms with E-state index in [1.165, 1.54) is 5.56 Å². The number of hydrogen-bond donors (Lipinski definition) is 1. The third kappa shape index (κ3) is 2.59. The fraction of sp³-hybridized carbons (Fsp3) is 0.600. The number of thiophene rings is 1. The highest BCUT2D eigenvalue weighted by molar-refractivity contribution is 7.07. The van der Waals surface area contributed by atoms with Gasteiger partial charge in [0.05, 0.1) is 0 Å². The first-order chi connectivity index (χ1) is 9.39. The maximum atomic E-state index is 12.7. The van der Waals surface area contributed by atoms with Crippen LogP contribution in [0.15, 0.2) is 16.8 Å². The number of hydrogen-bond acceptors (Lipinski definition) is 3. The molecule has 1 aromatic heterocycles. The number of carbonyl (C=O) groups is 2. The molecule has 0 radical (unpaired) electrons. The van der Waals surface area contributed by atoms with Gasteiger partial charge in [-0.1, -0.05) is 6.92 Å². The molecule has 0 aromatic carbocycles. The molecule has 2 amide bonds. The van der Waals surface area contributed by atoms with E-state index in [1.54, 1.807) is 23.2 Å². The topological polar surface area (TPSA) is 49.4 Å². The van der Waals surface area contributed by atoms with E-state index in [0.717, 1.165) is 6.42 Å². The van der Waals surface area contributed by atoms with Crippen LogP contribution >= 0.6 is 11.3 Å². The van der Waals surface area contributed by atoms with Crippen molar-refractivity contribution in [3.8, 4) is 0 Å². The third-order valence-electron chi connectivity index (χ3n) is 4.20. The number of piperazine rings is 1. The van der Waals surface area contributed by atoms with Crippen LogP contribution in [0.1, 0.15) is 39.7 Å². The Morgan fingerprint density at radius 1 is 1.50 bits per heavy atom. The van der Waals surface area contributed by atoms with E-state index in [2.05, 4.69) is 16.8 Å². The Balaban J connectivity index is 2.22. The Bertz CT molecular complexity index is 500. The minimum absolute atomic E-state index is 0.0176. The van der Waals surface area contributed by atoms with E-state index in [1.807, 2.05) is 26.2 Å². The Hall–Kier alpha value is -1.36. The first-order valence-electron chi connectivity index (χ1n) is 7.05. The number of amides is 2. The smallest absolute Gasteiger partial charge is 0.248 e. The Morgan fingerprint density at radius 2 is 2.20 bits per heavy atom. The molecule has 1 aliphatic rings. The van der Waals surface area contributed by atoms with Gasteiger partial charge in [-0.05, 0) is 56.0 Å². The van der Waals surface area contributed by atoms with Gasteiger partial charge in [0.2, 0.25) is 11.8 Å². The van der Waals surface area contributed by atoms with E-state index < -0.39 is 11.6 Å². The summed E-state index contributed by atoms with van der Waals surface area (Å²) in [6, 6.07) is 1.68. The molecule has 3 unspecified atom stereocenters. The molecule has 20 heavy (non-hydrogen) atoms. The van der Waals surface area contributed by atoms with Gasteiger partial charge in [0.25, 0.3) is 0 Å². The maximum absolute atomic E-state index is 12.7. The lowest BCUT2D eigenvalue weighted by molar-refractivity contribution is -0.156. The fourth-order valence-electron chi connectivity index (χ4n) is 2.69. The number of nitrogens with one attached hydrogen (secondary N) is 1. The standard InChI is InChI=1S/C15H22N2O2S/c1-5-15(4)14(19)17(11(3)13(18)16-15)10(2)8-12-6-7-20-9-12/h6-7,9-11H,5,8H2,1-4H3,(H,16,18). The molecule has 3 atom stereocenters. The zero-order valence-electron chi connectivity index (χ0n) is 12.5. The maximum Gasteiger partial charge on any atom is 0.248 e. The second-order valence-electron chi connectivity index (χ2n) is 5.75. The molecule has 1 fully saturated rings. The van der Waals surface area contributed by atoms with Crippen molar-refractivity contribution >= 4 is 23.2 Å². The lowest BCUT2D eigenvalue weighted by atomic mass is 9.90. The van der Waals surface area contributed by atoms with Crippen molar-refractivity contribution in [2.75, 3.05) is 0 Å². The van der Waals surface area contributed by atoms with E-state index in [0.29, 0.717) is 6.42 Å². The molecule has 0 saturated carbocycles. The summed E-state index contributed by atoms with van der Waals surface area (Å²) >= 11 is 1.65. The van der Waals surface area contributed by atoms with E-state index in [4.69, 9.17) is 0 Å². The first-order valence-corrected chi connectivity index (χ1v) is 7.99. The van der Waals surface area contributed by atoms with Gasteiger partial charge in [0.15, 0.2) is 0 Å². The van der Waals surface area contributed by atoms with E-state index >= 15 is 0 Å². The molecule has 4 nitrogen and oxygen atoms in total. The SMILES string of the molecule is CCC1(C)NC(=O)C(C)N(C(C)Cc2ccsc2)C1=O. The molecular weight excluding hydrogens is 272 g/mol. The molecule has 2 rings (SSSR count). The van der Waals surface area contributed by atoms with Crippen LogP contribution in [0.5, 0.6) is 0 Å². The molecule has 1 N–H and O–H groups in total. The summed E-state index contributed by atoms with van der Waals surface area (Å²) in [6.07, 6.45) is 1.39. The molecule has 2 heterocycles. The van der Waals surface area contributed by atoms with Crippen LogP contribution in [-0.2, 0) is 16.0 Å². The molecule has 1 saturated heterocycles. The molecule has 1 aliphatic heterocycles. The summed E-state index contributed by atoms with van der Waals surface area (Å²) in [5.74, 6) is -0.0408. The average molecular weight is 294 g/mol. The van der Waals surface area contributed by atoms with Crippen LogP contribution in [0, 0.1) is 0 Å². The summed E-state index contributed by atoms with van der Waals surface area (Å²) in [7, 11) is 0. The van der Waals surface area contributed by atoms with Crippen molar-refractivity contribution in [3.63, 3.8) is 0 Å². The number of nitrogens with zero attached hydrogens (tertiary/aromatic N) is 1. The van der Waals surface area contributed by atoms with Crippen molar-refractivity contribution in [1.82, 2.24) is 10.2 Å². The second kappa shape index (κ2) is 5.56. The molecule has 110 valence electrons. The highest BCUT2D eigenvalue weighted by Gasteiger charge is 2.46. The highest BCUT2D eigenvalue weighted by Crippen LogP contribution is 2.25. The fourth-order valence-corrected chi connectivity index (χ4v) is 3.37. The van der Waals surface area contributed by atoms with Crippen LogP contribution in [0.2, 0.25) is 0 Å². The third-order valence-corrected chi connectivity index (χ3v) is 4.93. The van der Waals surface area contributed by atoms with Gasteiger partial charge in [0.1, 0.15) is 11.6 Å². The van der Waals surface area contributed by atoms with Gasteiger partial charge in [-0.3, -0.25) is 9.59 Å². The minimum Gasteiger partial charge on any atom is -0.340 e. The lowest BCUT2D eigenvalue weighted by Gasteiger charge is -2.45. The quantitative estimate of drug-likeness (QED) is 0.925. The largest absolute Gasteiger partial charge is 0.340 e. The molecule has 0 spiro atoms. The zero-order chi connectivity index (χ0) is 14.9. The summed E-state index contributed by atoms with van der Waals surface area (Å²) in [5, 5.41) is 6.98. The van der Waals surface area contributed by atoms with Gasteiger partial charge in [-0.15, -0.1) is 0 Å². The first kappa shape index (κ1) is 15.0. The van der Waals surface area contributed by atoms with Gasteiger partial charge in [-0.25, -0.2) is 0 Å². The summed E-state index contributed by atoms with van der Waals surface area (Å²) in [4.78, 5) is 26.6. The Kier molecular flexibility index (Phi) is 4.18. The van der Waals surface area contributed by atoms with Gasteiger partial charge in [-0.2, -0.15) is 11.3 Å². The normalized spacial score (nSPS) is 28.4. The Labute approximate surface area is 124 Å². The molecular formula is C15H22N2O2S. The van der Waals surface area contributed by atoms with Gasteiger partial charge in [0, 0.05) is 6.04 Å². The second-order valence-corrected chi connectivity index (χ2v) is 6.53. The van der Waals surface area contributed by atoms with Crippen molar-refractivity contribution in [2.24, 2.45) is 0 Å². The molecule has 1 aromatic rings. The summed E-state index contributed by atoms with van der Waals surface area (Å²) < 4.78 is 0. The van der Waals surface area contributed by atoms with Gasteiger partial charge >= 0.3 is 0 Å². The van der Waals surface area contributed by atoms with Crippen molar-refractivity contribution in [2.45, 2.75) is 58.2 Å². The average Bonchev–Trinajstić information content (AvgIpc) is 2.89. The van der Waals surface area contributed by atoms with Crippen molar-refractivity contribution in [3.05, 3.63) is 22.4 Å². The van der Waals surface area contributed by atoms with Crippen LogP contribution in [0.25, 0.3) is 0 Å². The molecule has 0 bridgehead atoms. The van der Waals surface area contributed by atoms with E-state index in [-0.39, 0.29) is 17.9 Å².